The fourth-order valence-corrected chi connectivity index (χ4v) is 22.8. The third-order valence-electron chi connectivity index (χ3n) is 8.04. The van der Waals surface area contributed by atoms with Crippen LogP contribution in [0.15, 0.2) is 121 Å². The van der Waals surface area contributed by atoms with Crippen LogP contribution in [0.5, 0.6) is 5.75 Å². The zero-order valence-corrected chi connectivity index (χ0v) is 26.5. The first-order chi connectivity index (χ1) is 18.0. The van der Waals surface area contributed by atoms with Gasteiger partial charge in [-0.1, -0.05) is 0 Å². The van der Waals surface area contributed by atoms with Crippen molar-refractivity contribution in [3.63, 3.8) is 0 Å². The van der Waals surface area contributed by atoms with Gasteiger partial charge < -0.3 is 0 Å². The van der Waals surface area contributed by atoms with Crippen LogP contribution in [0.3, 0.4) is 0 Å². The Bertz CT molecular complexity index is 1130. The second-order valence-electron chi connectivity index (χ2n) is 12.9. The second kappa shape index (κ2) is 11.8. The number of rotatable bonds is 11. The molecule has 0 aliphatic rings. The number of para-hydroxylation sites is 1. The van der Waals surface area contributed by atoms with Gasteiger partial charge in [0.1, 0.15) is 0 Å². The van der Waals surface area contributed by atoms with Crippen molar-refractivity contribution in [1.82, 2.24) is 0 Å². The van der Waals surface area contributed by atoms with Gasteiger partial charge in [-0.3, -0.25) is 0 Å². The van der Waals surface area contributed by atoms with Crippen LogP contribution in [0.1, 0.15) is 58.2 Å². The Kier molecular flexibility index (Phi) is 8.83. The molecule has 38 heavy (non-hydrogen) atoms. The van der Waals surface area contributed by atoms with Crippen molar-refractivity contribution in [3.8, 4) is 5.75 Å². The normalized spacial score (nSPS) is 12.8. The Morgan fingerprint density at radius 2 is 0.684 bits per heavy atom. The summed E-state index contributed by atoms with van der Waals surface area (Å²) in [5.41, 5.74) is 4.21. The summed E-state index contributed by atoms with van der Waals surface area (Å²) in [7, 11) is 0. The van der Waals surface area contributed by atoms with Crippen molar-refractivity contribution in [2.45, 2.75) is 70.2 Å². The van der Waals surface area contributed by atoms with Crippen LogP contribution in [0.25, 0.3) is 0 Å². The maximum absolute atomic E-state index is 7.48. The topological polar surface area (TPSA) is 9.23 Å². The Labute approximate surface area is 236 Å². The molecule has 4 aromatic rings. The molecule has 0 N–H and O–H groups in total. The standard InChI is InChI=1S/3C10H13.C6H6O.Zr/c3*1-10(2,3)9-7-5-4-6-8-9;7-6-4-2-1-3-5-6;/h3*4-8H,1H2,2-3H3;1-5,7H;/q;;;;+1/p-1. The SMILES string of the molecule is CC(C)([CH2][Zr]([CH2]C(C)(C)c1ccccc1)([CH2]C(C)(C)c1ccccc1)[O]c1ccccc1)c1ccccc1. The summed E-state index contributed by atoms with van der Waals surface area (Å²) >= 11 is -3.55. The summed E-state index contributed by atoms with van der Waals surface area (Å²) in [6.45, 7) is 14.5. The molecule has 0 saturated carbocycles. The van der Waals surface area contributed by atoms with Crippen LogP contribution >= 0.6 is 0 Å². The van der Waals surface area contributed by atoms with Crippen molar-refractivity contribution in [3.05, 3.63) is 138 Å². The van der Waals surface area contributed by atoms with Crippen LogP contribution < -0.4 is 2.81 Å². The van der Waals surface area contributed by atoms with E-state index < -0.39 is 20.7 Å². The summed E-state index contributed by atoms with van der Waals surface area (Å²) in [5, 5.41) is 0. The van der Waals surface area contributed by atoms with Crippen LogP contribution in [0.4, 0.5) is 0 Å². The van der Waals surface area contributed by atoms with Crippen molar-refractivity contribution in [2.24, 2.45) is 0 Å². The van der Waals surface area contributed by atoms with Crippen molar-refractivity contribution < 1.29 is 23.5 Å². The molecule has 0 radical (unpaired) electrons. The van der Waals surface area contributed by atoms with Gasteiger partial charge in [-0.15, -0.1) is 0 Å². The zero-order valence-electron chi connectivity index (χ0n) is 24.1. The van der Waals surface area contributed by atoms with Crippen molar-refractivity contribution in [1.29, 1.82) is 0 Å². The quantitative estimate of drug-likeness (QED) is 0.171. The second-order valence-corrected chi connectivity index (χ2v) is 21.8. The van der Waals surface area contributed by atoms with Crippen LogP contribution in [0.2, 0.25) is 12.4 Å². The monoisotopic (exact) mass is 582 g/mol. The molecule has 0 unspecified atom stereocenters. The summed E-state index contributed by atoms with van der Waals surface area (Å²) < 4.78 is 10.8. The van der Waals surface area contributed by atoms with E-state index in [1.54, 1.807) is 0 Å². The van der Waals surface area contributed by atoms with Gasteiger partial charge in [0.25, 0.3) is 0 Å². The van der Waals surface area contributed by atoms with Crippen molar-refractivity contribution >= 4 is 0 Å². The minimum absolute atomic E-state index is 0.00561. The van der Waals surface area contributed by atoms with E-state index in [4.69, 9.17) is 2.81 Å². The van der Waals surface area contributed by atoms with Crippen molar-refractivity contribution in [2.75, 3.05) is 0 Å². The van der Waals surface area contributed by atoms with E-state index in [0.29, 0.717) is 0 Å². The first-order valence-corrected chi connectivity index (χ1v) is 20.1. The minimum atomic E-state index is -3.55. The average Bonchev–Trinajstić information content (AvgIpc) is 2.90. The first kappa shape index (κ1) is 28.6. The van der Waals surface area contributed by atoms with Gasteiger partial charge in [-0.2, -0.15) is 0 Å². The zero-order chi connectivity index (χ0) is 27.3. The van der Waals surface area contributed by atoms with E-state index in [-0.39, 0.29) is 16.2 Å². The van der Waals surface area contributed by atoms with E-state index in [0.717, 1.165) is 18.1 Å². The molecule has 198 valence electrons. The van der Waals surface area contributed by atoms with E-state index >= 15 is 0 Å². The molecule has 0 aliphatic carbocycles. The van der Waals surface area contributed by atoms with Crippen LogP contribution in [0, 0.1) is 0 Å². The Hall–Kier alpha value is -2.44. The molecule has 0 aromatic heterocycles. The predicted molar refractivity (Wildman–Crippen MR) is 160 cm³/mol. The molecule has 4 rings (SSSR count). The fourth-order valence-electron chi connectivity index (χ4n) is 6.42. The molecule has 4 aromatic carbocycles. The maximum atomic E-state index is 7.48. The molecule has 0 fully saturated rings. The van der Waals surface area contributed by atoms with Gasteiger partial charge in [-0.25, -0.2) is 0 Å². The van der Waals surface area contributed by atoms with E-state index in [9.17, 15) is 0 Å². The summed E-state index contributed by atoms with van der Waals surface area (Å²) in [6.07, 6.45) is 0. The average molecular weight is 584 g/mol. The summed E-state index contributed by atoms with van der Waals surface area (Å²) in [4.78, 5) is 0. The molecule has 0 aliphatic heterocycles. The molecule has 0 bridgehead atoms. The van der Waals surface area contributed by atoms with Gasteiger partial charge >= 0.3 is 237 Å². The number of hydrogen-bond acceptors (Lipinski definition) is 1. The van der Waals surface area contributed by atoms with E-state index in [2.05, 4.69) is 163 Å². The van der Waals surface area contributed by atoms with Crippen LogP contribution in [-0.2, 0) is 37.0 Å². The molecule has 0 saturated heterocycles. The van der Waals surface area contributed by atoms with Gasteiger partial charge in [0, 0.05) is 0 Å². The third-order valence-corrected chi connectivity index (χ3v) is 20.9. The molecule has 0 amide bonds. The molecule has 0 heterocycles. The molecule has 0 atom stereocenters. The van der Waals surface area contributed by atoms with Gasteiger partial charge in [0.2, 0.25) is 0 Å². The summed E-state index contributed by atoms with van der Waals surface area (Å²) in [6, 6.07) is 43.8. The Morgan fingerprint density at radius 3 is 0.974 bits per heavy atom. The van der Waals surface area contributed by atoms with E-state index in [1.807, 2.05) is 0 Å². The van der Waals surface area contributed by atoms with Gasteiger partial charge in [-0.05, 0) is 0 Å². The third kappa shape index (κ3) is 7.15. The summed E-state index contributed by atoms with van der Waals surface area (Å²) in [5.74, 6) is 1.03. The Balaban J connectivity index is 1.85. The first-order valence-electron chi connectivity index (χ1n) is 13.9. The predicted octanol–water partition coefficient (Wildman–Crippen LogP) is 10.3. The molecule has 2 heteroatoms. The molecule has 0 spiro atoms. The van der Waals surface area contributed by atoms with Gasteiger partial charge in [0.15, 0.2) is 0 Å². The van der Waals surface area contributed by atoms with E-state index in [1.165, 1.54) is 16.7 Å². The number of benzene rings is 4. The molecule has 1 nitrogen and oxygen atoms in total. The van der Waals surface area contributed by atoms with Gasteiger partial charge in [0.05, 0.1) is 0 Å². The molecular formula is C36H44OZr. The Morgan fingerprint density at radius 1 is 0.421 bits per heavy atom. The number of hydrogen-bond donors (Lipinski definition) is 0. The van der Waals surface area contributed by atoms with Crippen LogP contribution in [-0.4, -0.2) is 0 Å². The molecular weight excluding hydrogens is 540 g/mol. The fraction of sp³-hybridized carbons (Fsp3) is 0.333.